The molecular formula is C11H7BrClN3O3. The average Bonchev–Trinajstić information content (AvgIpc) is 2.35. The van der Waals surface area contributed by atoms with Gasteiger partial charge in [0.15, 0.2) is 5.15 Å². The van der Waals surface area contributed by atoms with Crippen LogP contribution in [0.2, 0.25) is 5.15 Å². The van der Waals surface area contributed by atoms with Crippen LogP contribution in [0, 0.1) is 17.0 Å². The van der Waals surface area contributed by atoms with E-state index in [1.54, 1.807) is 19.1 Å². The van der Waals surface area contributed by atoms with E-state index in [-0.39, 0.29) is 22.5 Å². The number of hydrogen-bond acceptors (Lipinski definition) is 5. The third-order valence-corrected chi connectivity index (χ3v) is 3.46. The number of nitro groups is 1. The Kier molecular flexibility index (Phi) is 3.96. The number of aryl methyl sites for hydroxylation is 1. The van der Waals surface area contributed by atoms with Crippen molar-refractivity contribution in [2.75, 3.05) is 0 Å². The summed E-state index contributed by atoms with van der Waals surface area (Å²) < 4.78 is 5.78. The second-order valence-corrected chi connectivity index (χ2v) is 4.76. The van der Waals surface area contributed by atoms with Gasteiger partial charge in [-0.05, 0) is 34.5 Å². The number of rotatable bonds is 3. The maximum Gasteiger partial charge on any atom is 0.311 e. The van der Waals surface area contributed by atoms with Gasteiger partial charge in [-0.3, -0.25) is 10.1 Å². The Labute approximate surface area is 121 Å². The molecule has 0 spiro atoms. The molecule has 6 nitrogen and oxygen atoms in total. The molecule has 0 fully saturated rings. The third kappa shape index (κ3) is 2.99. The molecule has 98 valence electrons. The van der Waals surface area contributed by atoms with Crippen molar-refractivity contribution in [3.63, 3.8) is 0 Å². The lowest BCUT2D eigenvalue weighted by atomic mass is 10.2. The van der Waals surface area contributed by atoms with Gasteiger partial charge in [-0.1, -0.05) is 17.7 Å². The Bertz CT molecular complexity index is 651. The van der Waals surface area contributed by atoms with E-state index in [0.717, 1.165) is 5.56 Å². The summed E-state index contributed by atoms with van der Waals surface area (Å²) in [5.41, 5.74) is 0.684. The second-order valence-electron chi connectivity index (χ2n) is 3.61. The smallest absolute Gasteiger partial charge is 0.311 e. The fourth-order valence-corrected chi connectivity index (χ4v) is 1.77. The minimum Gasteiger partial charge on any atom is -0.430 e. The Morgan fingerprint density at radius 2 is 2.16 bits per heavy atom. The minimum absolute atomic E-state index is 0.0977. The number of halogens is 2. The molecule has 0 radical (unpaired) electrons. The highest BCUT2D eigenvalue weighted by atomic mass is 79.9. The van der Waals surface area contributed by atoms with Gasteiger partial charge in [-0.15, -0.1) is 0 Å². The molecule has 0 atom stereocenters. The molecule has 0 saturated heterocycles. The third-order valence-electron chi connectivity index (χ3n) is 2.23. The lowest BCUT2D eigenvalue weighted by molar-refractivity contribution is -0.385. The van der Waals surface area contributed by atoms with E-state index < -0.39 is 4.92 Å². The lowest BCUT2D eigenvalue weighted by Crippen LogP contribution is -1.96. The van der Waals surface area contributed by atoms with E-state index in [0.29, 0.717) is 4.47 Å². The van der Waals surface area contributed by atoms with Gasteiger partial charge in [0, 0.05) is 6.07 Å². The van der Waals surface area contributed by atoms with Crippen molar-refractivity contribution in [3.05, 3.63) is 49.8 Å². The molecule has 0 N–H and O–H groups in total. The average molecular weight is 345 g/mol. The van der Waals surface area contributed by atoms with Crippen LogP contribution >= 0.6 is 27.5 Å². The molecule has 2 rings (SSSR count). The molecule has 1 aromatic carbocycles. The Morgan fingerprint density at radius 3 is 2.84 bits per heavy atom. The van der Waals surface area contributed by atoms with Gasteiger partial charge in [0.05, 0.1) is 4.92 Å². The van der Waals surface area contributed by atoms with Gasteiger partial charge >= 0.3 is 5.69 Å². The molecule has 0 saturated carbocycles. The number of benzene rings is 1. The first-order chi connectivity index (χ1) is 8.99. The summed E-state index contributed by atoms with van der Waals surface area (Å²) >= 11 is 8.97. The van der Waals surface area contributed by atoms with E-state index in [1.165, 1.54) is 12.4 Å². The van der Waals surface area contributed by atoms with Crippen LogP contribution in [0.25, 0.3) is 0 Å². The van der Waals surface area contributed by atoms with Crippen LogP contribution < -0.4 is 4.74 Å². The molecule has 8 heteroatoms. The summed E-state index contributed by atoms with van der Waals surface area (Å²) in [5, 5.41) is 11.1. The summed E-state index contributed by atoms with van der Waals surface area (Å²) in [7, 11) is 0. The fraction of sp³-hybridized carbons (Fsp3) is 0.0909. The Morgan fingerprint density at radius 1 is 1.42 bits per heavy atom. The number of hydrogen-bond donors (Lipinski definition) is 0. The van der Waals surface area contributed by atoms with Crippen LogP contribution in [0.5, 0.6) is 11.6 Å². The number of aromatic nitrogens is 2. The minimum atomic E-state index is -0.522. The van der Waals surface area contributed by atoms with E-state index in [9.17, 15) is 10.1 Å². The quantitative estimate of drug-likeness (QED) is 0.479. The predicted molar refractivity (Wildman–Crippen MR) is 72.6 cm³/mol. The summed E-state index contributed by atoms with van der Waals surface area (Å²) in [4.78, 5) is 18.0. The summed E-state index contributed by atoms with van der Waals surface area (Å²) in [5.74, 6) is 0.217. The van der Waals surface area contributed by atoms with Crippen molar-refractivity contribution >= 4 is 33.2 Å². The standard InChI is InChI=1S/C11H7BrClN3O3/c1-6-2-3-7(16(17)18)8(4-6)19-11-9(12)10(13)14-5-15-11/h2-5H,1H3. The van der Waals surface area contributed by atoms with Gasteiger partial charge in [0.2, 0.25) is 11.6 Å². The normalized spacial score (nSPS) is 10.3. The van der Waals surface area contributed by atoms with Gasteiger partial charge < -0.3 is 4.74 Å². The van der Waals surface area contributed by atoms with Crippen molar-refractivity contribution in [2.24, 2.45) is 0 Å². The van der Waals surface area contributed by atoms with E-state index in [2.05, 4.69) is 25.9 Å². The van der Waals surface area contributed by atoms with Gasteiger partial charge in [-0.2, -0.15) is 0 Å². The summed E-state index contributed by atoms with van der Waals surface area (Å²) in [6, 6.07) is 4.56. The van der Waals surface area contributed by atoms with Crippen molar-refractivity contribution in [1.29, 1.82) is 0 Å². The molecule has 0 aliphatic rings. The first kappa shape index (κ1) is 13.7. The van der Waals surface area contributed by atoms with Crippen LogP contribution in [0.4, 0.5) is 5.69 Å². The maximum absolute atomic E-state index is 10.9. The molecule has 19 heavy (non-hydrogen) atoms. The van der Waals surface area contributed by atoms with Crippen LogP contribution in [0.3, 0.4) is 0 Å². The largest absolute Gasteiger partial charge is 0.430 e. The topological polar surface area (TPSA) is 78.2 Å². The SMILES string of the molecule is Cc1ccc([N+](=O)[O-])c(Oc2ncnc(Cl)c2Br)c1. The van der Waals surface area contributed by atoms with E-state index in [4.69, 9.17) is 16.3 Å². The van der Waals surface area contributed by atoms with Crippen LogP contribution in [0.1, 0.15) is 5.56 Å². The maximum atomic E-state index is 10.9. The molecule has 1 aromatic heterocycles. The molecule has 0 bridgehead atoms. The highest BCUT2D eigenvalue weighted by Gasteiger charge is 2.18. The Balaban J connectivity index is 2.45. The Hall–Kier alpha value is -1.73. The summed E-state index contributed by atoms with van der Waals surface area (Å²) in [6.07, 6.45) is 1.21. The number of nitrogens with zero attached hydrogens (tertiary/aromatic N) is 3. The van der Waals surface area contributed by atoms with Crippen LogP contribution in [-0.4, -0.2) is 14.9 Å². The van der Waals surface area contributed by atoms with E-state index in [1.807, 2.05) is 0 Å². The zero-order valence-electron chi connectivity index (χ0n) is 9.63. The first-order valence-electron chi connectivity index (χ1n) is 5.08. The fourth-order valence-electron chi connectivity index (χ4n) is 1.36. The zero-order valence-corrected chi connectivity index (χ0v) is 12.0. The van der Waals surface area contributed by atoms with Crippen molar-refractivity contribution in [3.8, 4) is 11.6 Å². The first-order valence-corrected chi connectivity index (χ1v) is 6.25. The second kappa shape index (κ2) is 5.50. The molecule has 0 aliphatic heterocycles. The number of nitro benzene ring substituents is 1. The molecular weight excluding hydrogens is 337 g/mol. The van der Waals surface area contributed by atoms with Crippen molar-refractivity contribution in [1.82, 2.24) is 9.97 Å². The summed E-state index contributed by atoms with van der Waals surface area (Å²) in [6.45, 7) is 1.80. The zero-order chi connectivity index (χ0) is 14.0. The molecule has 0 aliphatic carbocycles. The monoisotopic (exact) mass is 343 g/mol. The van der Waals surface area contributed by atoms with Gasteiger partial charge in [0.25, 0.3) is 0 Å². The lowest BCUT2D eigenvalue weighted by Gasteiger charge is -2.07. The molecule has 0 unspecified atom stereocenters. The number of ether oxygens (including phenoxy) is 1. The molecule has 2 aromatic rings. The van der Waals surface area contributed by atoms with Crippen molar-refractivity contribution < 1.29 is 9.66 Å². The van der Waals surface area contributed by atoms with Crippen LogP contribution in [-0.2, 0) is 0 Å². The van der Waals surface area contributed by atoms with E-state index >= 15 is 0 Å². The van der Waals surface area contributed by atoms with Crippen molar-refractivity contribution in [2.45, 2.75) is 6.92 Å². The molecule has 1 heterocycles. The van der Waals surface area contributed by atoms with Gasteiger partial charge in [0.1, 0.15) is 10.8 Å². The predicted octanol–water partition coefficient (Wildman–Crippen LogP) is 3.90. The van der Waals surface area contributed by atoms with Crippen LogP contribution in [0.15, 0.2) is 29.0 Å². The highest BCUT2D eigenvalue weighted by Crippen LogP contribution is 2.36. The van der Waals surface area contributed by atoms with Gasteiger partial charge in [-0.25, -0.2) is 9.97 Å². The highest BCUT2D eigenvalue weighted by molar-refractivity contribution is 9.10. The molecule has 0 amide bonds.